The average Bonchev–Trinajstić information content (AvgIpc) is 2.35. The Morgan fingerprint density at radius 1 is 1.83 bits per heavy atom. The van der Waals surface area contributed by atoms with Gasteiger partial charge in [0.2, 0.25) is 0 Å². The average molecular weight is 167 g/mol. The minimum atomic E-state index is -0.768. The molecule has 1 heterocycles. The lowest BCUT2D eigenvalue weighted by molar-refractivity contribution is -0.148. The van der Waals surface area contributed by atoms with Gasteiger partial charge in [-0.2, -0.15) is 0 Å². The molecule has 3 heteroatoms. The number of carboxylic acids is 1. The number of terminal acetylenes is 1. The number of hydrogen-bond acceptors (Lipinski definition) is 2. The van der Waals surface area contributed by atoms with Gasteiger partial charge in [-0.1, -0.05) is 5.92 Å². The molecule has 0 radical (unpaired) electrons. The second-order valence-corrected chi connectivity index (χ2v) is 3.31. The fraction of sp³-hybridized carbons (Fsp3) is 0.667. The largest absolute Gasteiger partial charge is 0.480 e. The van der Waals surface area contributed by atoms with Crippen LogP contribution in [0.2, 0.25) is 0 Å². The van der Waals surface area contributed by atoms with E-state index in [1.807, 2.05) is 4.90 Å². The predicted molar refractivity (Wildman–Crippen MR) is 45.7 cm³/mol. The van der Waals surface area contributed by atoms with Gasteiger partial charge in [-0.05, 0) is 19.8 Å². The van der Waals surface area contributed by atoms with Gasteiger partial charge in [-0.25, -0.2) is 0 Å². The van der Waals surface area contributed by atoms with Crippen molar-refractivity contribution in [3.05, 3.63) is 0 Å². The molecule has 0 aromatic rings. The molecule has 0 aliphatic carbocycles. The number of carboxylic acid groups (broad SMARTS) is 1. The number of rotatable bonds is 2. The molecular weight excluding hydrogens is 154 g/mol. The normalized spacial score (nSPS) is 30.0. The topological polar surface area (TPSA) is 40.5 Å². The van der Waals surface area contributed by atoms with Gasteiger partial charge in [-0.3, -0.25) is 9.69 Å². The Labute approximate surface area is 72.4 Å². The molecule has 0 aromatic heterocycles. The van der Waals surface area contributed by atoms with Gasteiger partial charge < -0.3 is 5.11 Å². The zero-order valence-corrected chi connectivity index (χ0v) is 7.21. The molecule has 1 unspecified atom stereocenters. The molecule has 1 aliphatic heterocycles. The van der Waals surface area contributed by atoms with Crippen molar-refractivity contribution in [2.45, 2.75) is 25.3 Å². The van der Waals surface area contributed by atoms with E-state index in [-0.39, 0.29) is 0 Å². The second kappa shape index (κ2) is 3.16. The van der Waals surface area contributed by atoms with Crippen molar-refractivity contribution >= 4 is 5.97 Å². The molecular formula is C9H13NO2. The Morgan fingerprint density at radius 2 is 2.50 bits per heavy atom. The highest BCUT2D eigenvalue weighted by Gasteiger charge is 2.42. The summed E-state index contributed by atoms with van der Waals surface area (Å²) in [5.74, 6) is 1.71. The van der Waals surface area contributed by atoms with Crippen LogP contribution in [0.3, 0.4) is 0 Å². The van der Waals surface area contributed by atoms with Crippen LogP contribution in [0.4, 0.5) is 0 Å². The summed E-state index contributed by atoms with van der Waals surface area (Å²) in [5, 5.41) is 8.96. The zero-order chi connectivity index (χ0) is 9.19. The van der Waals surface area contributed by atoms with Crippen LogP contribution in [0, 0.1) is 12.3 Å². The summed E-state index contributed by atoms with van der Waals surface area (Å²) in [6, 6.07) is 0. The molecule has 0 spiro atoms. The summed E-state index contributed by atoms with van der Waals surface area (Å²) < 4.78 is 0. The number of hydrogen-bond donors (Lipinski definition) is 1. The van der Waals surface area contributed by atoms with Gasteiger partial charge in [0.05, 0.1) is 6.54 Å². The van der Waals surface area contributed by atoms with E-state index in [4.69, 9.17) is 11.5 Å². The van der Waals surface area contributed by atoms with Crippen LogP contribution in [-0.4, -0.2) is 34.6 Å². The molecule has 66 valence electrons. The lowest BCUT2D eigenvalue weighted by Gasteiger charge is -2.29. The van der Waals surface area contributed by atoms with Crippen molar-refractivity contribution in [2.75, 3.05) is 13.1 Å². The van der Waals surface area contributed by atoms with Crippen LogP contribution >= 0.6 is 0 Å². The maximum Gasteiger partial charge on any atom is 0.323 e. The van der Waals surface area contributed by atoms with Crippen LogP contribution in [0.25, 0.3) is 0 Å². The SMILES string of the molecule is C#CCN1CCCC1(C)C(=O)O. The highest BCUT2D eigenvalue weighted by atomic mass is 16.4. The molecule has 0 saturated carbocycles. The molecule has 3 nitrogen and oxygen atoms in total. The van der Waals surface area contributed by atoms with Gasteiger partial charge in [0, 0.05) is 6.54 Å². The van der Waals surface area contributed by atoms with Crippen LogP contribution in [0.15, 0.2) is 0 Å². The smallest absolute Gasteiger partial charge is 0.323 e. The highest BCUT2D eigenvalue weighted by molar-refractivity contribution is 5.78. The summed E-state index contributed by atoms with van der Waals surface area (Å²) in [6.07, 6.45) is 6.76. The molecule has 1 fully saturated rings. The molecule has 1 aliphatic rings. The Hall–Kier alpha value is -1.01. The predicted octanol–water partition coefficient (Wildman–Crippen LogP) is 0.559. The second-order valence-electron chi connectivity index (χ2n) is 3.31. The fourth-order valence-electron chi connectivity index (χ4n) is 1.62. The zero-order valence-electron chi connectivity index (χ0n) is 7.21. The lowest BCUT2D eigenvalue weighted by atomic mass is 9.99. The van der Waals surface area contributed by atoms with Crippen LogP contribution in [0.5, 0.6) is 0 Å². The van der Waals surface area contributed by atoms with E-state index in [9.17, 15) is 4.79 Å². The van der Waals surface area contributed by atoms with E-state index in [0.29, 0.717) is 13.0 Å². The van der Waals surface area contributed by atoms with Crippen molar-refractivity contribution in [1.82, 2.24) is 4.90 Å². The number of nitrogens with zero attached hydrogens (tertiary/aromatic N) is 1. The first-order valence-corrected chi connectivity index (χ1v) is 4.03. The van der Waals surface area contributed by atoms with Gasteiger partial charge in [0.1, 0.15) is 5.54 Å². The van der Waals surface area contributed by atoms with E-state index < -0.39 is 11.5 Å². The molecule has 1 atom stereocenters. The van der Waals surface area contributed by atoms with Gasteiger partial charge in [-0.15, -0.1) is 6.42 Å². The Balaban J connectivity index is 2.75. The summed E-state index contributed by atoms with van der Waals surface area (Å²) >= 11 is 0. The molecule has 0 amide bonds. The van der Waals surface area contributed by atoms with Gasteiger partial charge in [0.25, 0.3) is 0 Å². The minimum absolute atomic E-state index is 0.433. The maximum absolute atomic E-state index is 10.9. The first kappa shape index (κ1) is 9.08. The third kappa shape index (κ3) is 1.30. The Bertz CT molecular complexity index is 231. The first-order valence-electron chi connectivity index (χ1n) is 4.03. The van der Waals surface area contributed by atoms with Gasteiger partial charge >= 0.3 is 5.97 Å². The van der Waals surface area contributed by atoms with Crippen molar-refractivity contribution in [2.24, 2.45) is 0 Å². The van der Waals surface area contributed by atoms with E-state index >= 15 is 0 Å². The van der Waals surface area contributed by atoms with E-state index in [1.165, 1.54) is 0 Å². The third-order valence-electron chi connectivity index (χ3n) is 2.53. The molecule has 12 heavy (non-hydrogen) atoms. The summed E-state index contributed by atoms with van der Waals surface area (Å²) in [5.41, 5.74) is -0.730. The molecule has 0 bridgehead atoms. The Kier molecular flexibility index (Phi) is 2.39. The van der Waals surface area contributed by atoms with E-state index in [2.05, 4.69) is 5.92 Å². The summed E-state index contributed by atoms with van der Waals surface area (Å²) in [6.45, 7) is 2.97. The number of carbonyl (C=O) groups is 1. The lowest BCUT2D eigenvalue weighted by Crippen LogP contribution is -2.47. The van der Waals surface area contributed by atoms with Crippen molar-refractivity contribution < 1.29 is 9.90 Å². The molecule has 1 N–H and O–H groups in total. The van der Waals surface area contributed by atoms with Crippen molar-refractivity contribution in [1.29, 1.82) is 0 Å². The first-order chi connectivity index (χ1) is 5.61. The summed E-state index contributed by atoms with van der Waals surface area (Å²) in [7, 11) is 0. The third-order valence-corrected chi connectivity index (χ3v) is 2.53. The fourth-order valence-corrected chi connectivity index (χ4v) is 1.62. The molecule has 1 rings (SSSR count). The van der Waals surface area contributed by atoms with Crippen molar-refractivity contribution in [3.8, 4) is 12.3 Å². The number of aliphatic carboxylic acids is 1. The summed E-state index contributed by atoms with van der Waals surface area (Å²) in [4.78, 5) is 12.7. The van der Waals surface area contributed by atoms with Crippen LogP contribution in [0.1, 0.15) is 19.8 Å². The molecule has 0 aromatic carbocycles. The van der Waals surface area contributed by atoms with Gasteiger partial charge in [0.15, 0.2) is 0 Å². The highest BCUT2D eigenvalue weighted by Crippen LogP contribution is 2.28. The maximum atomic E-state index is 10.9. The van der Waals surface area contributed by atoms with E-state index in [0.717, 1.165) is 13.0 Å². The monoisotopic (exact) mass is 167 g/mol. The number of likely N-dealkylation sites (tertiary alicyclic amines) is 1. The Morgan fingerprint density at radius 3 is 3.00 bits per heavy atom. The minimum Gasteiger partial charge on any atom is -0.480 e. The van der Waals surface area contributed by atoms with Crippen molar-refractivity contribution in [3.63, 3.8) is 0 Å². The quantitative estimate of drug-likeness (QED) is 0.611. The van der Waals surface area contributed by atoms with Crippen LogP contribution in [-0.2, 0) is 4.79 Å². The van der Waals surface area contributed by atoms with E-state index in [1.54, 1.807) is 6.92 Å². The molecule has 1 saturated heterocycles. The van der Waals surface area contributed by atoms with Crippen LogP contribution < -0.4 is 0 Å². The standard InChI is InChI=1S/C9H13NO2/c1-3-6-10-7-4-5-9(10,2)8(11)12/h1H,4-7H2,2H3,(H,11,12).